The zero-order valence-corrected chi connectivity index (χ0v) is 10.8. The van der Waals surface area contributed by atoms with Crippen molar-refractivity contribution in [3.8, 4) is 0 Å². The van der Waals surface area contributed by atoms with Crippen LogP contribution in [0.3, 0.4) is 0 Å². The minimum atomic E-state index is 0.0943. The van der Waals surface area contributed by atoms with Crippen LogP contribution in [0.1, 0.15) is 32.6 Å². The second-order valence-electron chi connectivity index (χ2n) is 5.26. The quantitative estimate of drug-likeness (QED) is 0.800. The highest BCUT2D eigenvalue weighted by molar-refractivity contribution is 5.72. The molecule has 2 aliphatic rings. The van der Waals surface area contributed by atoms with Gasteiger partial charge in [-0.25, -0.2) is 0 Å². The molecule has 4 heteroatoms. The van der Waals surface area contributed by atoms with Crippen LogP contribution in [0.4, 0.5) is 0 Å². The first-order valence-electron chi connectivity index (χ1n) is 6.82. The van der Waals surface area contributed by atoms with Crippen molar-refractivity contribution >= 4 is 5.91 Å². The summed E-state index contributed by atoms with van der Waals surface area (Å²) in [6, 6.07) is 0.741. The van der Waals surface area contributed by atoms with Gasteiger partial charge in [0.25, 0.3) is 0 Å². The predicted octanol–water partition coefficient (Wildman–Crippen LogP) is 1.01. The van der Waals surface area contributed by atoms with E-state index in [2.05, 4.69) is 10.2 Å². The lowest BCUT2D eigenvalue weighted by Gasteiger charge is -2.39. The number of nitrogens with zero attached hydrogens (tertiary/aromatic N) is 1. The topological polar surface area (TPSA) is 41.6 Å². The number of hydrogen-bond donors (Lipinski definition) is 1. The summed E-state index contributed by atoms with van der Waals surface area (Å²) in [6.07, 6.45) is 4.82. The van der Waals surface area contributed by atoms with E-state index in [1.54, 1.807) is 6.92 Å². The summed E-state index contributed by atoms with van der Waals surface area (Å²) in [6.45, 7) is 6.69. The highest BCUT2D eigenvalue weighted by Crippen LogP contribution is 2.22. The van der Waals surface area contributed by atoms with Crippen molar-refractivity contribution in [2.75, 3.05) is 32.8 Å². The number of ether oxygens (including phenoxy) is 1. The van der Waals surface area contributed by atoms with Crippen LogP contribution < -0.4 is 5.32 Å². The number of carbonyl (C=O) groups is 1. The minimum absolute atomic E-state index is 0.0943. The van der Waals surface area contributed by atoms with E-state index in [1.165, 1.54) is 38.8 Å². The molecule has 2 aliphatic heterocycles. The molecule has 1 amide bonds. The minimum Gasteiger partial charge on any atom is -0.381 e. The molecule has 0 unspecified atom stereocenters. The maximum absolute atomic E-state index is 10.9. The van der Waals surface area contributed by atoms with E-state index in [0.717, 1.165) is 25.8 Å². The van der Waals surface area contributed by atoms with Crippen molar-refractivity contribution < 1.29 is 9.53 Å². The molecule has 2 rings (SSSR count). The third-order valence-corrected chi connectivity index (χ3v) is 4.00. The lowest BCUT2D eigenvalue weighted by molar-refractivity contribution is -0.119. The monoisotopic (exact) mass is 240 g/mol. The van der Waals surface area contributed by atoms with Crippen molar-refractivity contribution in [3.05, 3.63) is 0 Å². The zero-order chi connectivity index (χ0) is 12.1. The van der Waals surface area contributed by atoms with Gasteiger partial charge in [-0.15, -0.1) is 0 Å². The average molecular weight is 240 g/mol. The molecule has 0 aromatic rings. The molecular weight excluding hydrogens is 216 g/mol. The first kappa shape index (κ1) is 12.8. The van der Waals surface area contributed by atoms with Gasteiger partial charge in [0.2, 0.25) is 5.91 Å². The summed E-state index contributed by atoms with van der Waals surface area (Å²) >= 11 is 0. The Bertz CT molecular complexity index is 244. The first-order valence-corrected chi connectivity index (χ1v) is 6.82. The summed E-state index contributed by atoms with van der Waals surface area (Å²) in [7, 11) is 0. The lowest BCUT2D eigenvalue weighted by Crippen LogP contribution is -2.45. The third-order valence-electron chi connectivity index (χ3n) is 4.00. The van der Waals surface area contributed by atoms with Gasteiger partial charge < -0.3 is 15.0 Å². The molecule has 0 saturated carbocycles. The van der Waals surface area contributed by atoms with Crippen LogP contribution in [0.5, 0.6) is 0 Å². The van der Waals surface area contributed by atoms with E-state index >= 15 is 0 Å². The Kier molecular flexibility index (Phi) is 4.80. The Balaban J connectivity index is 1.68. The number of likely N-dealkylation sites (tertiary alicyclic amines) is 1. The molecule has 4 nitrogen and oxygen atoms in total. The summed E-state index contributed by atoms with van der Waals surface area (Å²) < 4.78 is 5.40. The van der Waals surface area contributed by atoms with Crippen LogP contribution in [-0.2, 0) is 9.53 Å². The molecule has 0 aromatic heterocycles. The number of rotatable bonds is 3. The number of carbonyl (C=O) groups excluding carboxylic acids is 1. The Morgan fingerprint density at radius 1 is 1.24 bits per heavy atom. The van der Waals surface area contributed by atoms with Gasteiger partial charge in [-0.1, -0.05) is 0 Å². The van der Waals surface area contributed by atoms with Crippen molar-refractivity contribution in [1.82, 2.24) is 10.2 Å². The standard InChI is InChI=1S/C13H24N2O2/c1-11(16)14-10-12-2-6-15(7-3-12)13-4-8-17-9-5-13/h12-13H,2-10H2,1H3,(H,14,16). The van der Waals surface area contributed by atoms with Crippen molar-refractivity contribution in [1.29, 1.82) is 0 Å². The smallest absolute Gasteiger partial charge is 0.216 e. The summed E-state index contributed by atoms with van der Waals surface area (Å²) in [5, 5.41) is 2.93. The van der Waals surface area contributed by atoms with Crippen molar-refractivity contribution in [2.24, 2.45) is 5.92 Å². The Hall–Kier alpha value is -0.610. The van der Waals surface area contributed by atoms with Gasteiger partial charge in [-0.3, -0.25) is 4.79 Å². The molecule has 0 radical (unpaired) electrons. The zero-order valence-electron chi connectivity index (χ0n) is 10.8. The number of hydrogen-bond acceptors (Lipinski definition) is 3. The normalized spacial score (nSPS) is 24.8. The molecule has 0 bridgehead atoms. The fraction of sp³-hybridized carbons (Fsp3) is 0.923. The number of nitrogens with one attached hydrogen (secondary N) is 1. The van der Waals surface area contributed by atoms with Crippen LogP contribution in [0.2, 0.25) is 0 Å². The van der Waals surface area contributed by atoms with E-state index in [0.29, 0.717) is 5.92 Å². The van der Waals surface area contributed by atoms with Gasteiger partial charge in [0.05, 0.1) is 0 Å². The highest BCUT2D eigenvalue weighted by Gasteiger charge is 2.26. The van der Waals surface area contributed by atoms with Crippen LogP contribution in [-0.4, -0.2) is 49.7 Å². The molecule has 0 aliphatic carbocycles. The second kappa shape index (κ2) is 6.36. The Morgan fingerprint density at radius 3 is 2.47 bits per heavy atom. The van der Waals surface area contributed by atoms with E-state index in [-0.39, 0.29) is 5.91 Å². The molecular formula is C13H24N2O2. The van der Waals surface area contributed by atoms with Crippen LogP contribution in [0.25, 0.3) is 0 Å². The van der Waals surface area contributed by atoms with Crippen LogP contribution >= 0.6 is 0 Å². The Labute approximate surface area is 104 Å². The molecule has 1 N–H and O–H groups in total. The van der Waals surface area contributed by atoms with E-state index in [9.17, 15) is 4.79 Å². The SMILES string of the molecule is CC(=O)NCC1CCN(C2CCOCC2)CC1. The molecule has 2 saturated heterocycles. The summed E-state index contributed by atoms with van der Waals surface area (Å²) in [5.41, 5.74) is 0. The summed E-state index contributed by atoms with van der Waals surface area (Å²) in [5.74, 6) is 0.770. The van der Waals surface area contributed by atoms with Gasteiger partial charge in [-0.05, 0) is 44.7 Å². The summed E-state index contributed by atoms with van der Waals surface area (Å²) in [4.78, 5) is 13.5. The fourth-order valence-corrected chi connectivity index (χ4v) is 2.86. The lowest BCUT2D eigenvalue weighted by atomic mass is 9.94. The maximum atomic E-state index is 10.9. The van der Waals surface area contributed by atoms with Gasteiger partial charge >= 0.3 is 0 Å². The predicted molar refractivity (Wildman–Crippen MR) is 66.8 cm³/mol. The maximum Gasteiger partial charge on any atom is 0.216 e. The van der Waals surface area contributed by atoms with Crippen molar-refractivity contribution in [2.45, 2.75) is 38.6 Å². The van der Waals surface area contributed by atoms with Gasteiger partial charge in [0.1, 0.15) is 0 Å². The molecule has 17 heavy (non-hydrogen) atoms. The second-order valence-corrected chi connectivity index (χ2v) is 5.26. The third kappa shape index (κ3) is 3.96. The highest BCUT2D eigenvalue weighted by atomic mass is 16.5. The number of amides is 1. The van der Waals surface area contributed by atoms with E-state index in [1.807, 2.05) is 0 Å². The van der Waals surface area contributed by atoms with Crippen LogP contribution in [0, 0.1) is 5.92 Å². The molecule has 2 fully saturated rings. The molecule has 2 heterocycles. The first-order chi connectivity index (χ1) is 8.25. The molecule has 0 aromatic carbocycles. The fourth-order valence-electron chi connectivity index (χ4n) is 2.86. The van der Waals surface area contributed by atoms with Crippen molar-refractivity contribution in [3.63, 3.8) is 0 Å². The Morgan fingerprint density at radius 2 is 1.88 bits per heavy atom. The molecule has 98 valence electrons. The van der Waals surface area contributed by atoms with Gasteiger partial charge in [-0.2, -0.15) is 0 Å². The van der Waals surface area contributed by atoms with Gasteiger partial charge in [0, 0.05) is 32.7 Å². The molecule has 0 atom stereocenters. The van der Waals surface area contributed by atoms with E-state index in [4.69, 9.17) is 4.74 Å². The van der Waals surface area contributed by atoms with E-state index < -0.39 is 0 Å². The largest absolute Gasteiger partial charge is 0.381 e. The molecule has 0 spiro atoms. The van der Waals surface area contributed by atoms with Gasteiger partial charge in [0.15, 0.2) is 0 Å². The van der Waals surface area contributed by atoms with Crippen LogP contribution in [0.15, 0.2) is 0 Å². The average Bonchev–Trinajstić information content (AvgIpc) is 2.38. The number of piperidine rings is 1.